The molecule has 0 spiro atoms. The summed E-state index contributed by atoms with van der Waals surface area (Å²) >= 11 is 1.66. The number of hydrogen-bond acceptors (Lipinski definition) is 6. The van der Waals surface area contributed by atoms with E-state index in [9.17, 15) is 0 Å². The Labute approximate surface area is 180 Å². The summed E-state index contributed by atoms with van der Waals surface area (Å²) in [6, 6.07) is 17.9. The van der Waals surface area contributed by atoms with Gasteiger partial charge in [0.15, 0.2) is 11.5 Å². The van der Waals surface area contributed by atoms with Crippen LogP contribution in [0.5, 0.6) is 0 Å². The fourth-order valence-corrected chi connectivity index (χ4v) is 4.96. The lowest BCUT2D eigenvalue weighted by atomic mass is 9.96. The number of fused-ring (bicyclic) bond motifs is 1. The molecule has 5 rings (SSSR count). The van der Waals surface area contributed by atoms with E-state index in [4.69, 9.17) is 5.10 Å². The van der Waals surface area contributed by atoms with Gasteiger partial charge in [-0.05, 0) is 48.9 Å². The topological polar surface area (TPSA) is 49.6 Å². The Morgan fingerprint density at radius 2 is 1.97 bits per heavy atom. The molecule has 0 saturated carbocycles. The third kappa shape index (κ3) is 3.70. The molecule has 7 heteroatoms. The maximum absolute atomic E-state index is 4.89. The number of aromatic nitrogens is 4. The number of piperidine rings is 1. The molecule has 154 valence electrons. The largest absolute Gasteiger partial charge is 0.355 e. The van der Waals surface area contributed by atoms with Gasteiger partial charge in [-0.25, -0.2) is 0 Å². The smallest absolute Gasteiger partial charge is 0.186 e. The summed E-state index contributed by atoms with van der Waals surface area (Å²) in [5.41, 5.74) is 3.22. The Morgan fingerprint density at radius 3 is 2.73 bits per heavy atom. The van der Waals surface area contributed by atoms with Crippen LogP contribution in [0.1, 0.15) is 25.3 Å². The normalized spacial score (nSPS) is 19.9. The quantitative estimate of drug-likeness (QED) is 0.482. The van der Waals surface area contributed by atoms with Crippen molar-refractivity contribution in [3.8, 4) is 11.4 Å². The number of likely N-dealkylation sites (tertiary alicyclic amines) is 1. The van der Waals surface area contributed by atoms with Crippen molar-refractivity contribution in [2.75, 3.05) is 18.5 Å². The summed E-state index contributed by atoms with van der Waals surface area (Å²) < 4.78 is 1.86. The lowest BCUT2D eigenvalue weighted by molar-refractivity contribution is 0.138. The SMILES string of the molecule is CC1CC(N(C)c2ccc3nnc(-c4ccsc4)n3n2)CCN1Cc1ccccc1. The highest BCUT2D eigenvalue weighted by molar-refractivity contribution is 7.08. The van der Waals surface area contributed by atoms with Gasteiger partial charge in [-0.15, -0.1) is 15.3 Å². The van der Waals surface area contributed by atoms with Crippen LogP contribution in [0, 0.1) is 0 Å². The summed E-state index contributed by atoms with van der Waals surface area (Å²) in [6.07, 6.45) is 2.26. The first kappa shape index (κ1) is 19.2. The molecule has 2 atom stereocenters. The van der Waals surface area contributed by atoms with Crippen LogP contribution in [0.4, 0.5) is 5.82 Å². The highest BCUT2D eigenvalue weighted by atomic mass is 32.1. The molecular weight excluding hydrogens is 392 g/mol. The van der Waals surface area contributed by atoms with E-state index in [0.717, 1.165) is 48.8 Å². The molecular formula is C23H26N6S. The average Bonchev–Trinajstić information content (AvgIpc) is 3.44. The molecule has 30 heavy (non-hydrogen) atoms. The predicted octanol–water partition coefficient (Wildman–Crippen LogP) is 4.34. The summed E-state index contributed by atoms with van der Waals surface area (Å²) in [5, 5.41) is 17.6. The zero-order valence-corrected chi connectivity index (χ0v) is 18.2. The fraction of sp³-hybridized carbons (Fsp3) is 0.348. The van der Waals surface area contributed by atoms with E-state index in [1.807, 2.05) is 10.6 Å². The van der Waals surface area contributed by atoms with Gasteiger partial charge in [0.25, 0.3) is 0 Å². The van der Waals surface area contributed by atoms with Crippen LogP contribution < -0.4 is 4.90 Å². The summed E-state index contributed by atoms with van der Waals surface area (Å²) in [7, 11) is 2.16. The van der Waals surface area contributed by atoms with Crippen LogP contribution in [0.25, 0.3) is 17.0 Å². The molecule has 6 nitrogen and oxygen atoms in total. The maximum Gasteiger partial charge on any atom is 0.186 e. The van der Waals surface area contributed by atoms with Crippen LogP contribution in [-0.4, -0.2) is 50.4 Å². The number of nitrogens with zero attached hydrogens (tertiary/aromatic N) is 6. The number of rotatable bonds is 5. The minimum atomic E-state index is 0.470. The number of benzene rings is 1. The van der Waals surface area contributed by atoms with Crippen molar-refractivity contribution >= 4 is 22.8 Å². The summed E-state index contributed by atoms with van der Waals surface area (Å²) in [5.74, 6) is 1.76. The zero-order valence-electron chi connectivity index (χ0n) is 17.3. The average molecular weight is 419 g/mol. The van der Waals surface area contributed by atoms with E-state index in [1.165, 1.54) is 5.56 Å². The monoisotopic (exact) mass is 418 g/mol. The molecule has 0 radical (unpaired) electrons. The first-order chi connectivity index (χ1) is 14.7. The van der Waals surface area contributed by atoms with Gasteiger partial charge in [-0.1, -0.05) is 30.3 Å². The number of thiophene rings is 1. The third-order valence-electron chi connectivity index (χ3n) is 6.15. The Kier molecular flexibility index (Phi) is 5.23. The molecule has 1 aromatic carbocycles. The van der Waals surface area contributed by atoms with Crippen molar-refractivity contribution in [3.63, 3.8) is 0 Å². The second kappa shape index (κ2) is 8.16. The minimum absolute atomic E-state index is 0.470. The predicted molar refractivity (Wildman–Crippen MR) is 122 cm³/mol. The van der Waals surface area contributed by atoms with Crippen molar-refractivity contribution < 1.29 is 0 Å². The molecule has 1 fully saturated rings. The maximum atomic E-state index is 4.89. The fourth-order valence-electron chi connectivity index (χ4n) is 4.33. The Hall–Kier alpha value is -2.77. The summed E-state index contributed by atoms with van der Waals surface area (Å²) in [6.45, 7) is 4.46. The number of hydrogen-bond donors (Lipinski definition) is 0. The molecule has 0 aliphatic carbocycles. The zero-order chi connectivity index (χ0) is 20.5. The van der Waals surface area contributed by atoms with Gasteiger partial charge >= 0.3 is 0 Å². The molecule has 1 saturated heterocycles. The Morgan fingerprint density at radius 1 is 1.10 bits per heavy atom. The first-order valence-electron chi connectivity index (χ1n) is 10.4. The molecule has 1 aliphatic heterocycles. The van der Waals surface area contributed by atoms with E-state index in [2.05, 4.69) is 87.2 Å². The van der Waals surface area contributed by atoms with E-state index in [-0.39, 0.29) is 0 Å². The molecule has 4 aromatic rings. The van der Waals surface area contributed by atoms with Gasteiger partial charge < -0.3 is 4.90 Å². The van der Waals surface area contributed by atoms with Crippen LogP contribution in [-0.2, 0) is 6.54 Å². The first-order valence-corrected chi connectivity index (χ1v) is 11.4. The number of anilines is 1. The second-order valence-electron chi connectivity index (χ2n) is 8.09. The Balaban J connectivity index is 1.32. The van der Waals surface area contributed by atoms with E-state index >= 15 is 0 Å². The van der Waals surface area contributed by atoms with Gasteiger partial charge in [0.05, 0.1) is 0 Å². The van der Waals surface area contributed by atoms with Crippen molar-refractivity contribution in [2.45, 2.75) is 38.4 Å². The van der Waals surface area contributed by atoms with Gasteiger partial charge in [0, 0.05) is 43.2 Å². The lowest BCUT2D eigenvalue weighted by Gasteiger charge is -2.41. The molecule has 0 amide bonds. The van der Waals surface area contributed by atoms with Gasteiger partial charge in [-0.2, -0.15) is 15.9 Å². The van der Waals surface area contributed by atoms with Crippen molar-refractivity contribution in [1.29, 1.82) is 0 Å². The third-order valence-corrected chi connectivity index (χ3v) is 6.84. The van der Waals surface area contributed by atoms with E-state index in [0.29, 0.717) is 12.1 Å². The van der Waals surface area contributed by atoms with Crippen LogP contribution in [0.2, 0.25) is 0 Å². The molecule has 3 aromatic heterocycles. The lowest BCUT2D eigenvalue weighted by Crippen LogP contribution is -2.47. The molecule has 1 aliphatic rings. The minimum Gasteiger partial charge on any atom is -0.355 e. The van der Waals surface area contributed by atoms with Crippen molar-refractivity contribution in [1.82, 2.24) is 24.7 Å². The Bertz CT molecular complexity index is 1110. The molecule has 2 unspecified atom stereocenters. The van der Waals surface area contributed by atoms with Crippen molar-refractivity contribution in [3.05, 3.63) is 64.9 Å². The van der Waals surface area contributed by atoms with Crippen LogP contribution in [0.3, 0.4) is 0 Å². The highest BCUT2D eigenvalue weighted by Gasteiger charge is 2.28. The molecule has 4 heterocycles. The molecule has 0 bridgehead atoms. The summed E-state index contributed by atoms with van der Waals surface area (Å²) in [4.78, 5) is 4.91. The molecule has 0 N–H and O–H groups in total. The van der Waals surface area contributed by atoms with Gasteiger partial charge in [0.2, 0.25) is 0 Å². The van der Waals surface area contributed by atoms with Gasteiger partial charge in [0.1, 0.15) is 5.82 Å². The van der Waals surface area contributed by atoms with E-state index < -0.39 is 0 Å². The second-order valence-corrected chi connectivity index (χ2v) is 8.87. The van der Waals surface area contributed by atoms with Crippen molar-refractivity contribution in [2.24, 2.45) is 0 Å². The standard InChI is InChI=1S/C23H26N6S/c1-17-14-20(10-12-28(17)15-18-6-4-3-5-7-18)27(2)22-9-8-21-24-25-23(29(21)26-22)19-11-13-30-16-19/h3-9,11,13,16-17,20H,10,12,14-15H2,1-2H3. The highest BCUT2D eigenvalue weighted by Crippen LogP contribution is 2.27. The van der Waals surface area contributed by atoms with E-state index in [1.54, 1.807) is 11.3 Å². The van der Waals surface area contributed by atoms with Crippen LogP contribution >= 0.6 is 11.3 Å². The van der Waals surface area contributed by atoms with Crippen LogP contribution in [0.15, 0.2) is 59.3 Å². The van der Waals surface area contributed by atoms with Gasteiger partial charge in [-0.3, -0.25) is 4.90 Å².